The molecule has 48 heavy (non-hydrogen) atoms. The number of nitrogens with one attached hydrogen (secondary N) is 2. The van der Waals surface area contributed by atoms with Crippen LogP contribution in [0.25, 0.3) is 11.1 Å². The fourth-order valence-electron chi connectivity index (χ4n) is 6.05. The minimum absolute atomic E-state index is 0.117. The van der Waals surface area contributed by atoms with E-state index in [0.717, 1.165) is 46.5 Å². The predicted octanol–water partition coefficient (Wildman–Crippen LogP) is 4.98. The third-order valence-corrected chi connectivity index (χ3v) is 9.89. The standard InChI is InChI=1S/C39H46N4O4S/c1-42(37(44)28-47-27-33-15-9-22-40-33)36(25-30-17-19-32(20-18-30)31-13-7-4-8-14-31)39(46)43(2)35(26-34-16-10-24-48-34)38(45)41-23-21-29-11-5-3-6-12-29/h3-8,10-14,16-20,24,33,35-36,40H,9,15,21-23,25-28H2,1-2H3,(H,41,45). The molecule has 8 nitrogen and oxygen atoms in total. The maximum Gasteiger partial charge on any atom is 0.249 e. The monoisotopic (exact) mass is 666 g/mol. The first kappa shape index (κ1) is 35.0. The fraction of sp³-hybridized carbons (Fsp3) is 0.359. The van der Waals surface area contributed by atoms with Crippen molar-refractivity contribution in [3.05, 3.63) is 118 Å². The van der Waals surface area contributed by atoms with Gasteiger partial charge in [0.05, 0.1) is 6.61 Å². The molecule has 252 valence electrons. The Morgan fingerprint density at radius 3 is 2.21 bits per heavy atom. The molecule has 0 aliphatic carbocycles. The second kappa shape index (κ2) is 17.7. The maximum atomic E-state index is 14.4. The number of likely N-dealkylation sites (N-methyl/N-ethyl adjacent to an activating group) is 2. The molecule has 1 saturated heterocycles. The molecule has 4 aromatic rings. The Kier molecular flexibility index (Phi) is 12.9. The van der Waals surface area contributed by atoms with E-state index in [2.05, 4.69) is 22.8 Å². The van der Waals surface area contributed by atoms with E-state index in [1.807, 2.05) is 90.3 Å². The van der Waals surface area contributed by atoms with Crippen molar-refractivity contribution in [3.8, 4) is 11.1 Å². The molecular weight excluding hydrogens is 621 g/mol. The number of nitrogens with zero attached hydrogens (tertiary/aromatic N) is 2. The Hall–Kier alpha value is -4.31. The Labute approximate surface area is 288 Å². The summed E-state index contributed by atoms with van der Waals surface area (Å²) >= 11 is 1.56. The molecule has 3 atom stereocenters. The van der Waals surface area contributed by atoms with Crippen molar-refractivity contribution in [1.29, 1.82) is 0 Å². The van der Waals surface area contributed by atoms with E-state index in [-0.39, 0.29) is 30.4 Å². The third kappa shape index (κ3) is 9.86. The minimum Gasteiger partial charge on any atom is -0.370 e. The van der Waals surface area contributed by atoms with Gasteiger partial charge in [0.2, 0.25) is 17.7 Å². The van der Waals surface area contributed by atoms with Crippen molar-refractivity contribution in [3.63, 3.8) is 0 Å². The van der Waals surface area contributed by atoms with Gasteiger partial charge in [0, 0.05) is 44.4 Å². The van der Waals surface area contributed by atoms with Gasteiger partial charge in [0.15, 0.2) is 0 Å². The van der Waals surface area contributed by atoms with Gasteiger partial charge in [0.25, 0.3) is 0 Å². The van der Waals surface area contributed by atoms with Gasteiger partial charge in [-0.1, -0.05) is 91.0 Å². The summed E-state index contributed by atoms with van der Waals surface area (Å²) in [5.74, 6) is -0.791. The highest BCUT2D eigenvalue weighted by molar-refractivity contribution is 7.09. The SMILES string of the molecule is CN(C(=O)COCC1CCCN1)C(Cc1ccc(-c2ccccc2)cc1)C(=O)N(C)C(Cc1cccs1)C(=O)NCCc1ccccc1. The van der Waals surface area contributed by atoms with Crippen LogP contribution in [0, 0.1) is 0 Å². The highest BCUT2D eigenvalue weighted by atomic mass is 32.1. The molecule has 1 aliphatic rings. The third-order valence-electron chi connectivity index (χ3n) is 8.99. The van der Waals surface area contributed by atoms with Crippen molar-refractivity contribution in [2.45, 2.75) is 50.2 Å². The molecule has 0 bridgehead atoms. The van der Waals surface area contributed by atoms with Gasteiger partial charge < -0.3 is 25.2 Å². The van der Waals surface area contributed by atoms with E-state index < -0.39 is 12.1 Å². The van der Waals surface area contributed by atoms with E-state index >= 15 is 0 Å². The van der Waals surface area contributed by atoms with Crippen LogP contribution in [0.1, 0.15) is 28.8 Å². The Balaban J connectivity index is 1.33. The van der Waals surface area contributed by atoms with Crippen LogP contribution in [-0.4, -0.2) is 86.0 Å². The lowest BCUT2D eigenvalue weighted by Crippen LogP contribution is -2.56. The lowest BCUT2D eigenvalue weighted by Gasteiger charge is -2.34. The summed E-state index contributed by atoms with van der Waals surface area (Å²) < 4.78 is 5.80. The van der Waals surface area contributed by atoms with Crippen LogP contribution in [0.2, 0.25) is 0 Å². The van der Waals surface area contributed by atoms with E-state index in [0.29, 0.717) is 32.4 Å². The van der Waals surface area contributed by atoms with Crippen LogP contribution >= 0.6 is 11.3 Å². The Bertz CT molecular complexity index is 1580. The van der Waals surface area contributed by atoms with Gasteiger partial charge in [-0.15, -0.1) is 11.3 Å². The summed E-state index contributed by atoms with van der Waals surface area (Å²) in [5, 5.41) is 8.41. The van der Waals surface area contributed by atoms with Crippen LogP contribution in [0.15, 0.2) is 102 Å². The molecule has 1 fully saturated rings. The zero-order valence-corrected chi connectivity index (χ0v) is 28.7. The number of carbonyl (C=O) groups is 3. The number of rotatable bonds is 16. The minimum atomic E-state index is -0.832. The summed E-state index contributed by atoms with van der Waals surface area (Å²) in [5.41, 5.74) is 4.22. The highest BCUT2D eigenvalue weighted by Crippen LogP contribution is 2.22. The van der Waals surface area contributed by atoms with E-state index in [1.54, 1.807) is 25.4 Å². The summed E-state index contributed by atoms with van der Waals surface area (Å²) in [6, 6.07) is 30.8. The van der Waals surface area contributed by atoms with Crippen molar-refractivity contribution in [2.75, 3.05) is 40.4 Å². The van der Waals surface area contributed by atoms with Gasteiger partial charge in [-0.05, 0) is 59.5 Å². The molecular formula is C39H46N4O4S. The average molecular weight is 667 g/mol. The Morgan fingerprint density at radius 1 is 0.833 bits per heavy atom. The van der Waals surface area contributed by atoms with E-state index in [1.165, 1.54) is 9.80 Å². The van der Waals surface area contributed by atoms with Crippen LogP contribution < -0.4 is 10.6 Å². The number of ether oxygens (including phenoxy) is 1. The molecule has 1 aromatic heterocycles. The molecule has 3 amide bonds. The van der Waals surface area contributed by atoms with Gasteiger partial charge >= 0.3 is 0 Å². The molecule has 9 heteroatoms. The van der Waals surface area contributed by atoms with Gasteiger partial charge in [-0.3, -0.25) is 14.4 Å². The quantitative estimate of drug-likeness (QED) is 0.176. The zero-order chi connectivity index (χ0) is 33.7. The molecule has 0 radical (unpaired) electrons. The smallest absolute Gasteiger partial charge is 0.249 e. The first-order valence-electron chi connectivity index (χ1n) is 16.7. The Morgan fingerprint density at radius 2 is 1.54 bits per heavy atom. The number of hydrogen-bond donors (Lipinski definition) is 2. The molecule has 5 rings (SSSR count). The fourth-order valence-corrected chi connectivity index (χ4v) is 6.79. The molecule has 2 heterocycles. The topological polar surface area (TPSA) is 91.0 Å². The van der Waals surface area contributed by atoms with Crippen LogP contribution in [0.5, 0.6) is 0 Å². The van der Waals surface area contributed by atoms with Gasteiger partial charge in [-0.25, -0.2) is 0 Å². The first-order chi connectivity index (χ1) is 23.4. The molecule has 3 aromatic carbocycles. The number of hydrogen-bond acceptors (Lipinski definition) is 6. The molecule has 0 saturated carbocycles. The van der Waals surface area contributed by atoms with E-state index in [9.17, 15) is 14.4 Å². The average Bonchev–Trinajstić information content (AvgIpc) is 3.85. The highest BCUT2D eigenvalue weighted by Gasteiger charge is 2.35. The second-order valence-corrected chi connectivity index (χ2v) is 13.4. The molecule has 0 spiro atoms. The summed E-state index contributed by atoms with van der Waals surface area (Å²) in [7, 11) is 3.33. The van der Waals surface area contributed by atoms with E-state index in [4.69, 9.17) is 4.74 Å². The summed E-state index contributed by atoms with van der Waals surface area (Å²) in [6.07, 6.45) is 3.48. The van der Waals surface area contributed by atoms with Crippen LogP contribution in [0.4, 0.5) is 0 Å². The molecule has 2 N–H and O–H groups in total. The van der Waals surface area contributed by atoms with Gasteiger partial charge in [-0.2, -0.15) is 0 Å². The lowest BCUT2D eigenvalue weighted by atomic mass is 9.98. The second-order valence-electron chi connectivity index (χ2n) is 12.4. The van der Waals surface area contributed by atoms with Crippen LogP contribution in [0.3, 0.4) is 0 Å². The number of carbonyl (C=O) groups excluding carboxylic acids is 3. The maximum absolute atomic E-state index is 14.4. The largest absolute Gasteiger partial charge is 0.370 e. The zero-order valence-electron chi connectivity index (χ0n) is 27.8. The predicted molar refractivity (Wildman–Crippen MR) is 192 cm³/mol. The number of thiophene rings is 1. The molecule has 1 aliphatic heterocycles. The first-order valence-corrected chi connectivity index (χ1v) is 17.6. The van der Waals surface area contributed by atoms with Crippen molar-refractivity contribution in [1.82, 2.24) is 20.4 Å². The van der Waals surface area contributed by atoms with Crippen molar-refractivity contribution < 1.29 is 19.1 Å². The number of amides is 3. The number of benzene rings is 3. The van der Waals surface area contributed by atoms with Crippen molar-refractivity contribution >= 4 is 29.1 Å². The summed E-state index contributed by atoms with van der Waals surface area (Å²) in [6.45, 7) is 1.74. The summed E-state index contributed by atoms with van der Waals surface area (Å²) in [4.78, 5) is 45.7. The molecule has 3 unspecified atom stereocenters. The lowest BCUT2D eigenvalue weighted by molar-refractivity contribution is -0.149. The van der Waals surface area contributed by atoms with Gasteiger partial charge in [0.1, 0.15) is 18.7 Å². The van der Waals surface area contributed by atoms with Crippen molar-refractivity contribution in [2.24, 2.45) is 0 Å². The normalized spacial score (nSPS) is 15.4. The van der Waals surface area contributed by atoms with Crippen LogP contribution in [-0.2, 0) is 38.4 Å².